The van der Waals surface area contributed by atoms with Gasteiger partial charge in [-0.2, -0.15) is 0 Å². The van der Waals surface area contributed by atoms with Crippen LogP contribution in [0.5, 0.6) is 11.5 Å². The van der Waals surface area contributed by atoms with Gasteiger partial charge in [0.1, 0.15) is 0 Å². The third kappa shape index (κ3) is 4.08. The summed E-state index contributed by atoms with van der Waals surface area (Å²) in [7, 11) is 0. The molecule has 3 heterocycles. The van der Waals surface area contributed by atoms with Crippen molar-refractivity contribution < 1.29 is 23.9 Å². The zero-order valence-electron chi connectivity index (χ0n) is 17.8. The van der Waals surface area contributed by atoms with Crippen LogP contribution in [-0.2, 0) is 9.59 Å². The first-order valence-corrected chi connectivity index (χ1v) is 10.5. The molecule has 0 radical (unpaired) electrons. The van der Waals surface area contributed by atoms with E-state index in [4.69, 9.17) is 9.47 Å². The van der Waals surface area contributed by atoms with Crippen LogP contribution in [0.3, 0.4) is 0 Å². The van der Waals surface area contributed by atoms with Crippen LogP contribution in [0, 0.1) is 5.92 Å². The highest BCUT2D eigenvalue weighted by atomic mass is 16.7. The average Bonchev–Trinajstić information content (AvgIpc) is 3.33. The number of nitrogens with zero attached hydrogens (tertiary/aromatic N) is 2. The summed E-state index contributed by atoms with van der Waals surface area (Å²) in [5.74, 6) is 0.884. The van der Waals surface area contributed by atoms with Gasteiger partial charge in [0, 0.05) is 43.2 Å². The second kappa shape index (κ2) is 7.81. The fraction of sp³-hybridized carbons (Fsp3) is 0.591. The number of hydrogen-bond acceptors (Lipinski definition) is 5. The molecule has 0 aliphatic carbocycles. The Labute approximate surface area is 176 Å². The minimum Gasteiger partial charge on any atom is -0.454 e. The number of benzene rings is 1. The molecule has 8 heteroatoms. The van der Waals surface area contributed by atoms with E-state index in [0.717, 1.165) is 0 Å². The molecule has 0 saturated carbocycles. The van der Waals surface area contributed by atoms with Gasteiger partial charge in [0.2, 0.25) is 18.6 Å². The third-order valence-electron chi connectivity index (χ3n) is 6.05. The van der Waals surface area contributed by atoms with Crippen LogP contribution in [0.4, 0.5) is 0 Å². The molecule has 4 rings (SSSR count). The van der Waals surface area contributed by atoms with Crippen molar-refractivity contribution in [3.8, 4) is 11.5 Å². The van der Waals surface area contributed by atoms with E-state index in [0.29, 0.717) is 49.5 Å². The van der Waals surface area contributed by atoms with Gasteiger partial charge in [-0.3, -0.25) is 14.4 Å². The van der Waals surface area contributed by atoms with Crippen LogP contribution < -0.4 is 14.8 Å². The van der Waals surface area contributed by atoms with Crippen molar-refractivity contribution in [1.82, 2.24) is 15.1 Å². The largest absolute Gasteiger partial charge is 0.454 e. The summed E-state index contributed by atoms with van der Waals surface area (Å²) >= 11 is 0. The van der Waals surface area contributed by atoms with E-state index in [1.165, 1.54) is 0 Å². The number of ether oxygens (including phenoxy) is 2. The van der Waals surface area contributed by atoms with Crippen LogP contribution >= 0.6 is 0 Å². The lowest BCUT2D eigenvalue weighted by atomic mass is 10.0. The van der Waals surface area contributed by atoms with Gasteiger partial charge >= 0.3 is 0 Å². The predicted molar refractivity (Wildman–Crippen MR) is 109 cm³/mol. The Morgan fingerprint density at radius 3 is 2.47 bits per heavy atom. The first-order chi connectivity index (χ1) is 14.2. The molecule has 1 aromatic carbocycles. The molecule has 0 bridgehead atoms. The number of carbonyl (C=O) groups is 3. The first-order valence-electron chi connectivity index (χ1n) is 10.5. The van der Waals surface area contributed by atoms with Crippen molar-refractivity contribution in [3.05, 3.63) is 23.8 Å². The predicted octanol–water partition coefficient (Wildman–Crippen LogP) is 1.78. The molecule has 0 aromatic heterocycles. The molecular formula is C22H29N3O5. The average molecular weight is 415 g/mol. The van der Waals surface area contributed by atoms with Gasteiger partial charge in [-0.05, 0) is 51.8 Å². The molecule has 0 spiro atoms. The van der Waals surface area contributed by atoms with Gasteiger partial charge in [-0.15, -0.1) is 0 Å². The Morgan fingerprint density at radius 1 is 1.10 bits per heavy atom. The summed E-state index contributed by atoms with van der Waals surface area (Å²) in [5.41, 5.74) is 0.306. The highest BCUT2D eigenvalue weighted by molar-refractivity contribution is 5.95. The molecule has 30 heavy (non-hydrogen) atoms. The minimum atomic E-state index is -0.301. The Bertz CT molecular complexity index is 855. The highest BCUT2D eigenvalue weighted by Crippen LogP contribution is 2.33. The second-order valence-electron chi connectivity index (χ2n) is 9.22. The number of amides is 3. The van der Waals surface area contributed by atoms with Crippen LogP contribution in [-0.4, -0.2) is 65.5 Å². The van der Waals surface area contributed by atoms with Crippen LogP contribution in [0.1, 0.15) is 50.4 Å². The molecular weight excluding hydrogens is 386 g/mol. The monoisotopic (exact) mass is 415 g/mol. The molecule has 1 atom stereocenters. The van der Waals surface area contributed by atoms with E-state index < -0.39 is 0 Å². The summed E-state index contributed by atoms with van der Waals surface area (Å²) in [5, 5.41) is 3.09. The number of likely N-dealkylation sites (tertiary alicyclic amines) is 2. The molecule has 8 nitrogen and oxygen atoms in total. The van der Waals surface area contributed by atoms with E-state index in [-0.39, 0.29) is 48.4 Å². The van der Waals surface area contributed by atoms with Crippen LogP contribution in [0.15, 0.2) is 18.2 Å². The van der Waals surface area contributed by atoms with Crippen molar-refractivity contribution in [2.75, 3.05) is 26.4 Å². The summed E-state index contributed by atoms with van der Waals surface area (Å²) in [4.78, 5) is 41.3. The van der Waals surface area contributed by atoms with Crippen molar-refractivity contribution in [1.29, 1.82) is 0 Å². The zero-order valence-corrected chi connectivity index (χ0v) is 17.8. The molecule has 1 aromatic rings. The molecule has 162 valence electrons. The maximum Gasteiger partial charge on any atom is 0.253 e. The van der Waals surface area contributed by atoms with E-state index in [1.54, 1.807) is 28.0 Å². The van der Waals surface area contributed by atoms with Crippen molar-refractivity contribution >= 4 is 17.7 Å². The highest BCUT2D eigenvalue weighted by Gasteiger charge is 2.40. The lowest BCUT2D eigenvalue weighted by Gasteiger charge is -2.33. The van der Waals surface area contributed by atoms with E-state index in [2.05, 4.69) is 5.32 Å². The lowest BCUT2D eigenvalue weighted by Crippen LogP contribution is -2.48. The maximum atomic E-state index is 12.8. The van der Waals surface area contributed by atoms with E-state index in [9.17, 15) is 14.4 Å². The van der Waals surface area contributed by atoms with Crippen LogP contribution in [0.2, 0.25) is 0 Å². The van der Waals surface area contributed by atoms with Gasteiger partial charge in [-0.1, -0.05) is 0 Å². The first kappa shape index (κ1) is 20.5. The Balaban J connectivity index is 1.28. The maximum absolute atomic E-state index is 12.8. The fourth-order valence-electron chi connectivity index (χ4n) is 4.29. The fourth-order valence-corrected chi connectivity index (χ4v) is 4.29. The SMILES string of the molecule is CC(C)(C)N1CC(C(=O)NC2CCN(C(=O)c3ccc4c(c3)OCO4)CC2)CC1=O. The van der Waals surface area contributed by atoms with Crippen molar-refractivity contribution in [2.24, 2.45) is 5.92 Å². The van der Waals surface area contributed by atoms with Crippen molar-refractivity contribution in [2.45, 2.75) is 51.6 Å². The molecule has 1 unspecified atom stereocenters. The third-order valence-corrected chi connectivity index (χ3v) is 6.05. The smallest absolute Gasteiger partial charge is 0.253 e. The summed E-state index contributed by atoms with van der Waals surface area (Å²) < 4.78 is 10.6. The Hall–Kier alpha value is -2.77. The summed E-state index contributed by atoms with van der Waals surface area (Å²) in [6.45, 7) is 7.76. The molecule has 1 N–H and O–H groups in total. The van der Waals surface area contributed by atoms with Crippen LogP contribution in [0.25, 0.3) is 0 Å². The number of nitrogens with one attached hydrogen (secondary N) is 1. The van der Waals surface area contributed by atoms with Gasteiger partial charge in [0.05, 0.1) is 5.92 Å². The number of piperidine rings is 1. The number of fused-ring (bicyclic) bond motifs is 1. The van der Waals surface area contributed by atoms with E-state index >= 15 is 0 Å². The number of rotatable bonds is 3. The molecule has 3 aliphatic rings. The second-order valence-corrected chi connectivity index (χ2v) is 9.22. The van der Waals surface area contributed by atoms with E-state index in [1.807, 2.05) is 20.8 Å². The number of carbonyl (C=O) groups excluding carboxylic acids is 3. The Morgan fingerprint density at radius 2 is 1.80 bits per heavy atom. The van der Waals surface area contributed by atoms with Crippen molar-refractivity contribution in [3.63, 3.8) is 0 Å². The molecule has 2 fully saturated rings. The standard InChI is InChI=1S/C22H29N3O5/c1-22(2,3)25-12-15(11-19(25)26)20(27)23-16-6-8-24(9-7-16)21(28)14-4-5-17-18(10-14)30-13-29-17/h4-5,10,15-16H,6-9,11-13H2,1-3H3,(H,23,27). The van der Waals surface area contributed by atoms with Gasteiger partial charge in [-0.25, -0.2) is 0 Å². The zero-order chi connectivity index (χ0) is 21.5. The minimum absolute atomic E-state index is 0.0251. The van der Waals surface area contributed by atoms with Gasteiger partial charge in [0.25, 0.3) is 5.91 Å². The quantitative estimate of drug-likeness (QED) is 0.813. The summed E-state index contributed by atoms with van der Waals surface area (Å²) in [6, 6.07) is 5.25. The van der Waals surface area contributed by atoms with Gasteiger partial charge < -0.3 is 24.6 Å². The van der Waals surface area contributed by atoms with Gasteiger partial charge in [0.15, 0.2) is 11.5 Å². The molecule has 2 saturated heterocycles. The topological polar surface area (TPSA) is 88.2 Å². The number of hydrogen-bond donors (Lipinski definition) is 1. The lowest BCUT2D eigenvalue weighted by molar-refractivity contribution is -0.132. The summed E-state index contributed by atoms with van der Waals surface area (Å²) in [6.07, 6.45) is 1.67. The normalized spacial score (nSPS) is 21.8. The Kier molecular flexibility index (Phi) is 5.34. The molecule has 3 amide bonds. The molecule has 3 aliphatic heterocycles.